The fourth-order valence-corrected chi connectivity index (χ4v) is 1.49. The molecule has 0 amide bonds. The summed E-state index contributed by atoms with van der Waals surface area (Å²) in [6.45, 7) is 1.82. The molecule has 1 N–H and O–H groups in total. The van der Waals surface area contributed by atoms with Crippen LogP contribution in [0, 0.1) is 6.92 Å². The van der Waals surface area contributed by atoms with Crippen LogP contribution in [0.4, 0.5) is 0 Å². The number of aryl methyl sites for hydroxylation is 1. The largest absolute Gasteiger partial charge is 0.468 e. The van der Waals surface area contributed by atoms with Crippen molar-refractivity contribution < 1.29 is 4.74 Å². The molecule has 1 heterocycles. The van der Waals surface area contributed by atoms with Crippen molar-refractivity contribution in [3.05, 3.63) is 41.7 Å². The van der Waals surface area contributed by atoms with Crippen molar-refractivity contribution in [3.63, 3.8) is 0 Å². The van der Waals surface area contributed by atoms with Gasteiger partial charge in [-0.05, 0) is 19.1 Å². The maximum Gasteiger partial charge on any atom is 0.218 e. The summed E-state index contributed by atoms with van der Waals surface area (Å²) >= 11 is 6.04. The fraction of sp³-hybridized carbons (Fsp3) is 0.200. The molecule has 0 saturated carbocycles. The summed E-state index contributed by atoms with van der Waals surface area (Å²) in [5.74, 6) is 0.708. The van der Waals surface area contributed by atoms with Gasteiger partial charge in [0.15, 0.2) is 0 Å². The lowest BCUT2D eigenvalue weighted by Crippen LogP contribution is -2.02. The molecule has 15 heavy (non-hydrogen) atoms. The van der Waals surface area contributed by atoms with Crippen LogP contribution in [0.1, 0.15) is 17.0 Å². The number of benzene rings is 1. The maximum absolute atomic E-state index is 6.04. The summed E-state index contributed by atoms with van der Waals surface area (Å²) in [4.78, 5) is 0. The first-order chi connectivity index (χ1) is 7.27. The van der Waals surface area contributed by atoms with Crippen LogP contribution in [0.5, 0.6) is 5.75 Å². The summed E-state index contributed by atoms with van der Waals surface area (Å²) in [6.07, 6.45) is 0. The number of aromatic amines is 1. The van der Waals surface area contributed by atoms with E-state index in [1.807, 2.05) is 37.3 Å². The quantitative estimate of drug-likeness (QED) is 0.814. The predicted octanol–water partition coefficient (Wildman–Crippen LogP) is 2.43. The van der Waals surface area contributed by atoms with Crippen molar-refractivity contribution in [3.8, 4) is 5.75 Å². The molecular weight excluding hydrogens is 214 g/mol. The van der Waals surface area contributed by atoms with Gasteiger partial charge in [-0.1, -0.05) is 29.8 Å². The van der Waals surface area contributed by atoms with E-state index in [4.69, 9.17) is 16.3 Å². The number of rotatable bonds is 3. The number of nitrogens with zero attached hydrogens (tertiary/aromatic N) is 2. The third-order valence-electron chi connectivity index (χ3n) is 1.96. The van der Waals surface area contributed by atoms with Gasteiger partial charge in [-0.25, -0.2) is 0 Å². The Morgan fingerprint density at radius 3 is 2.60 bits per heavy atom. The van der Waals surface area contributed by atoms with Gasteiger partial charge >= 0.3 is 0 Å². The van der Waals surface area contributed by atoms with E-state index in [0.29, 0.717) is 11.4 Å². The van der Waals surface area contributed by atoms with Gasteiger partial charge in [0.25, 0.3) is 0 Å². The Balaban J connectivity index is 2.11. The molecule has 4 nitrogen and oxygen atoms in total. The molecular formula is C10H10ClN3O. The Morgan fingerprint density at radius 1 is 1.27 bits per heavy atom. The number of aromatic nitrogens is 3. The number of hydrogen-bond acceptors (Lipinski definition) is 3. The molecule has 0 aliphatic rings. The zero-order valence-electron chi connectivity index (χ0n) is 8.14. The summed E-state index contributed by atoms with van der Waals surface area (Å²) in [7, 11) is 0. The molecule has 2 aromatic rings. The van der Waals surface area contributed by atoms with Crippen molar-refractivity contribution in [1.82, 2.24) is 15.4 Å². The molecule has 0 spiro atoms. The highest BCUT2D eigenvalue weighted by atomic mass is 35.5. The topological polar surface area (TPSA) is 50.8 Å². The average molecular weight is 224 g/mol. The molecule has 0 aliphatic heterocycles. The second kappa shape index (κ2) is 4.31. The van der Waals surface area contributed by atoms with Crippen molar-refractivity contribution >= 4 is 11.6 Å². The van der Waals surface area contributed by atoms with E-state index in [1.165, 1.54) is 0 Å². The minimum Gasteiger partial charge on any atom is -0.468 e. The van der Waals surface area contributed by atoms with E-state index in [0.717, 1.165) is 5.69 Å². The highest BCUT2D eigenvalue weighted by Gasteiger charge is 2.15. The van der Waals surface area contributed by atoms with Crippen LogP contribution >= 0.6 is 11.6 Å². The van der Waals surface area contributed by atoms with Crippen LogP contribution in [-0.2, 0) is 0 Å². The van der Waals surface area contributed by atoms with Gasteiger partial charge in [0.05, 0.1) is 5.69 Å². The molecule has 1 aromatic heterocycles. The van der Waals surface area contributed by atoms with Crippen molar-refractivity contribution in [1.29, 1.82) is 0 Å². The van der Waals surface area contributed by atoms with Crippen LogP contribution in [-0.4, -0.2) is 15.4 Å². The molecule has 1 atom stereocenters. The Morgan fingerprint density at radius 2 is 2.00 bits per heavy atom. The van der Waals surface area contributed by atoms with Crippen LogP contribution in [0.3, 0.4) is 0 Å². The van der Waals surface area contributed by atoms with E-state index in [-0.39, 0.29) is 0 Å². The Bertz CT molecular complexity index is 429. The van der Waals surface area contributed by atoms with E-state index in [2.05, 4.69) is 15.4 Å². The first-order valence-electron chi connectivity index (χ1n) is 4.50. The van der Waals surface area contributed by atoms with E-state index < -0.39 is 5.56 Å². The zero-order valence-corrected chi connectivity index (χ0v) is 8.90. The second-order valence-corrected chi connectivity index (χ2v) is 3.44. The maximum atomic E-state index is 6.04. The van der Waals surface area contributed by atoms with Crippen molar-refractivity contribution in [2.75, 3.05) is 0 Å². The number of H-pyrrole nitrogens is 1. The third kappa shape index (κ3) is 2.27. The number of ether oxygens (including phenoxy) is 1. The standard InChI is InChI=1S/C10H10ClN3O/c1-7-9(13-14-12-7)10(11)15-8-5-3-2-4-6-8/h2-6,10H,1H3,(H,12,13,14). The van der Waals surface area contributed by atoms with Gasteiger partial charge in [-0.3, -0.25) is 0 Å². The Hall–Kier alpha value is -1.55. The highest BCUT2D eigenvalue weighted by Crippen LogP contribution is 2.24. The highest BCUT2D eigenvalue weighted by molar-refractivity contribution is 6.19. The van der Waals surface area contributed by atoms with Gasteiger partial charge in [-0.15, -0.1) is 0 Å². The van der Waals surface area contributed by atoms with Crippen LogP contribution in [0.15, 0.2) is 30.3 Å². The molecule has 0 aliphatic carbocycles. The van der Waals surface area contributed by atoms with Crippen LogP contribution in [0.25, 0.3) is 0 Å². The van der Waals surface area contributed by atoms with Gasteiger partial charge in [0.2, 0.25) is 5.56 Å². The first-order valence-corrected chi connectivity index (χ1v) is 4.94. The average Bonchev–Trinajstić information content (AvgIpc) is 2.66. The third-order valence-corrected chi connectivity index (χ3v) is 2.25. The monoisotopic (exact) mass is 223 g/mol. The normalized spacial score (nSPS) is 12.4. The molecule has 5 heteroatoms. The van der Waals surface area contributed by atoms with Gasteiger partial charge in [-0.2, -0.15) is 15.4 Å². The minimum absolute atomic E-state index is 0.612. The second-order valence-electron chi connectivity index (χ2n) is 3.04. The lowest BCUT2D eigenvalue weighted by molar-refractivity contribution is 0.282. The Labute approximate surface area is 92.2 Å². The zero-order chi connectivity index (χ0) is 10.7. The van der Waals surface area contributed by atoms with E-state index >= 15 is 0 Å². The predicted molar refractivity (Wildman–Crippen MR) is 56.8 cm³/mol. The fourth-order valence-electron chi connectivity index (χ4n) is 1.18. The van der Waals surface area contributed by atoms with Gasteiger partial charge < -0.3 is 4.74 Å². The number of alkyl halides is 1. The molecule has 0 saturated heterocycles. The molecule has 1 aromatic carbocycles. The minimum atomic E-state index is -0.619. The molecule has 2 rings (SSSR count). The summed E-state index contributed by atoms with van der Waals surface area (Å²) in [5.41, 5.74) is 0.734. The van der Waals surface area contributed by atoms with Crippen LogP contribution < -0.4 is 4.74 Å². The molecule has 0 fully saturated rings. The number of para-hydroxylation sites is 1. The summed E-state index contributed by atoms with van der Waals surface area (Å²) in [5, 5.41) is 10.3. The molecule has 0 bridgehead atoms. The SMILES string of the molecule is Cc1n[nH]nc1C(Cl)Oc1ccccc1. The number of nitrogens with one attached hydrogen (secondary N) is 1. The lowest BCUT2D eigenvalue weighted by atomic mass is 10.3. The van der Waals surface area contributed by atoms with E-state index in [9.17, 15) is 0 Å². The van der Waals surface area contributed by atoms with Gasteiger partial charge in [0.1, 0.15) is 11.4 Å². The smallest absolute Gasteiger partial charge is 0.218 e. The van der Waals surface area contributed by atoms with Crippen molar-refractivity contribution in [2.24, 2.45) is 0 Å². The first kappa shape index (κ1) is 9.98. The van der Waals surface area contributed by atoms with Gasteiger partial charge in [0, 0.05) is 0 Å². The number of hydrogen-bond donors (Lipinski definition) is 1. The van der Waals surface area contributed by atoms with Crippen LogP contribution in [0.2, 0.25) is 0 Å². The van der Waals surface area contributed by atoms with Crippen molar-refractivity contribution in [2.45, 2.75) is 12.5 Å². The summed E-state index contributed by atoms with van der Waals surface area (Å²) < 4.78 is 5.48. The molecule has 78 valence electrons. The molecule has 1 unspecified atom stereocenters. The lowest BCUT2D eigenvalue weighted by Gasteiger charge is -2.10. The molecule has 0 radical (unpaired) electrons. The Kier molecular flexibility index (Phi) is 2.87. The van der Waals surface area contributed by atoms with E-state index in [1.54, 1.807) is 0 Å². The number of halogens is 1. The summed E-state index contributed by atoms with van der Waals surface area (Å²) in [6, 6.07) is 9.36.